The van der Waals surface area contributed by atoms with Crippen molar-refractivity contribution in [1.82, 2.24) is 4.98 Å². The molecule has 0 amide bonds. The average molecular weight is 241 g/mol. The second-order valence-corrected chi connectivity index (χ2v) is 3.48. The summed E-state index contributed by atoms with van der Waals surface area (Å²) in [6, 6.07) is 7.04. The number of nitrogens with one attached hydrogen (secondary N) is 1. The Labute approximate surface area is 95.9 Å². The van der Waals surface area contributed by atoms with Gasteiger partial charge in [-0.15, -0.1) is 0 Å². The number of aromatic nitrogens is 1. The molecule has 2 aromatic rings. The molecule has 0 aliphatic rings. The molecule has 1 N–H and O–H groups in total. The number of rotatable bonds is 2. The number of hydrogen-bond acceptors (Lipinski definition) is 2. The van der Waals surface area contributed by atoms with Crippen LogP contribution in [0.5, 0.6) is 0 Å². The third-order valence-corrected chi connectivity index (χ3v) is 2.16. The first-order valence-corrected chi connectivity index (χ1v) is 4.87. The third kappa shape index (κ3) is 2.28. The van der Waals surface area contributed by atoms with Crippen LogP contribution < -0.4 is 5.32 Å². The number of pyridine rings is 1. The highest BCUT2D eigenvalue weighted by Gasteiger charge is 2.07. The zero-order valence-electron chi connectivity index (χ0n) is 8.05. The van der Waals surface area contributed by atoms with E-state index in [0.717, 1.165) is 6.07 Å². The van der Waals surface area contributed by atoms with E-state index in [9.17, 15) is 8.78 Å². The van der Waals surface area contributed by atoms with Gasteiger partial charge in [0.2, 0.25) is 0 Å². The molecule has 0 saturated carbocycles. The second-order valence-electron chi connectivity index (χ2n) is 3.09. The van der Waals surface area contributed by atoms with Crippen LogP contribution >= 0.6 is 11.6 Å². The quantitative estimate of drug-likeness (QED) is 0.809. The maximum atomic E-state index is 13.3. The molecule has 0 aliphatic carbocycles. The van der Waals surface area contributed by atoms with E-state index in [1.165, 1.54) is 24.4 Å². The molecule has 0 unspecified atom stereocenters. The lowest BCUT2D eigenvalue weighted by Gasteiger charge is -2.07. The van der Waals surface area contributed by atoms with E-state index >= 15 is 0 Å². The second kappa shape index (κ2) is 4.45. The van der Waals surface area contributed by atoms with Crippen LogP contribution in [0.15, 0.2) is 36.5 Å². The highest BCUT2D eigenvalue weighted by atomic mass is 35.5. The van der Waals surface area contributed by atoms with Gasteiger partial charge in [-0.1, -0.05) is 17.7 Å². The van der Waals surface area contributed by atoms with E-state index in [1.54, 1.807) is 6.07 Å². The summed E-state index contributed by atoms with van der Waals surface area (Å²) in [7, 11) is 0. The van der Waals surface area contributed by atoms with Crippen LogP contribution in [-0.2, 0) is 0 Å². The molecule has 0 aliphatic heterocycles. The summed E-state index contributed by atoms with van der Waals surface area (Å²) in [5.41, 5.74) is 0.603. The lowest BCUT2D eigenvalue weighted by atomic mass is 10.3. The van der Waals surface area contributed by atoms with Crippen LogP contribution in [0.2, 0.25) is 5.15 Å². The first kappa shape index (κ1) is 10.8. The van der Waals surface area contributed by atoms with Crippen molar-refractivity contribution in [3.05, 3.63) is 53.3 Å². The Bertz CT molecular complexity index is 517. The highest BCUT2D eigenvalue weighted by Crippen LogP contribution is 2.22. The van der Waals surface area contributed by atoms with Gasteiger partial charge in [-0.3, -0.25) is 0 Å². The third-order valence-electron chi connectivity index (χ3n) is 1.96. The Kier molecular flexibility index (Phi) is 3.01. The molecule has 0 atom stereocenters. The Hall–Kier alpha value is -1.68. The summed E-state index contributed by atoms with van der Waals surface area (Å²) >= 11 is 5.66. The van der Waals surface area contributed by atoms with E-state index in [0.29, 0.717) is 5.69 Å². The van der Waals surface area contributed by atoms with Crippen LogP contribution in [0.25, 0.3) is 0 Å². The number of halogens is 3. The molecular weight excluding hydrogens is 234 g/mol. The van der Waals surface area contributed by atoms with Crippen molar-refractivity contribution in [3.63, 3.8) is 0 Å². The molecule has 1 heterocycles. The van der Waals surface area contributed by atoms with Gasteiger partial charge in [-0.25, -0.2) is 13.8 Å². The topological polar surface area (TPSA) is 24.9 Å². The molecule has 2 nitrogen and oxygen atoms in total. The van der Waals surface area contributed by atoms with Crippen molar-refractivity contribution in [2.75, 3.05) is 5.32 Å². The molecular formula is C11H7ClF2N2. The van der Waals surface area contributed by atoms with Gasteiger partial charge in [0.15, 0.2) is 11.6 Å². The van der Waals surface area contributed by atoms with Gasteiger partial charge < -0.3 is 5.32 Å². The van der Waals surface area contributed by atoms with Crippen LogP contribution in [0.1, 0.15) is 0 Å². The van der Waals surface area contributed by atoms with Crippen molar-refractivity contribution in [2.24, 2.45) is 0 Å². The lowest BCUT2D eigenvalue weighted by Crippen LogP contribution is -1.96. The van der Waals surface area contributed by atoms with E-state index in [1.807, 2.05) is 0 Å². The van der Waals surface area contributed by atoms with Crippen molar-refractivity contribution in [2.45, 2.75) is 0 Å². The van der Waals surface area contributed by atoms with Crippen molar-refractivity contribution in [3.8, 4) is 0 Å². The molecule has 1 aromatic heterocycles. The van der Waals surface area contributed by atoms with Crippen LogP contribution in [-0.4, -0.2) is 4.98 Å². The van der Waals surface area contributed by atoms with Gasteiger partial charge in [0.05, 0.1) is 5.69 Å². The normalized spacial score (nSPS) is 10.2. The highest BCUT2D eigenvalue weighted by molar-refractivity contribution is 6.29. The van der Waals surface area contributed by atoms with Crippen LogP contribution in [0, 0.1) is 11.6 Å². The molecule has 82 valence electrons. The summed E-state index contributed by atoms with van der Waals surface area (Å²) in [6.45, 7) is 0. The van der Waals surface area contributed by atoms with Gasteiger partial charge in [0.25, 0.3) is 0 Å². The minimum atomic E-state index is -0.921. The van der Waals surface area contributed by atoms with E-state index in [2.05, 4.69) is 10.3 Å². The smallest absolute Gasteiger partial charge is 0.182 e. The fourth-order valence-electron chi connectivity index (χ4n) is 1.24. The Morgan fingerprint density at radius 1 is 1.19 bits per heavy atom. The fraction of sp³-hybridized carbons (Fsp3) is 0. The molecule has 1 aromatic carbocycles. The maximum Gasteiger partial charge on any atom is 0.182 e. The Morgan fingerprint density at radius 2 is 2.00 bits per heavy atom. The molecule has 0 bridgehead atoms. The minimum absolute atomic E-state index is 0.0577. The van der Waals surface area contributed by atoms with E-state index < -0.39 is 11.6 Å². The summed E-state index contributed by atoms with van der Waals surface area (Å²) in [6.07, 6.45) is 1.47. The summed E-state index contributed by atoms with van der Waals surface area (Å²) in [4.78, 5) is 3.78. The summed E-state index contributed by atoms with van der Waals surface area (Å²) < 4.78 is 26.2. The number of nitrogens with zero attached hydrogens (tertiary/aromatic N) is 1. The van der Waals surface area contributed by atoms with Gasteiger partial charge in [0, 0.05) is 11.9 Å². The molecule has 2 rings (SSSR count). The number of benzene rings is 1. The molecule has 5 heteroatoms. The Morgan fingerprint density at radius 3 is 2.75 bits per heavy atom. The monoisotopic (exact) mass is 240 g/mol. The van der Waals surface area contributed by atoms with Crippen molar-refractivity contribution in [1.29, 1.82) is 0 Å². The minimum Gasteiger partial charge on any atom is -0.353 e. The standard InChI is InChI=1S/C11H7ClF2N2/c12-10-6-7(4-5-15-10)16-9-3-1-2-8(13)11(9)14/h1-6H,(H,15,16). The maximum absolute atomic E-state index is 13.3. The first-order valence-electron chi connectivity index (χ1n) is 4.49. The molecule has 0 saturated heterocycles. The van der Waals surface area contributed by atoms with Crippen molar-refractivity contribution >= 4 is 23.0 Å². The zero-order chi connectivity index (χ0) is 11.5. The van der Waals surface area contributed by atoms with Gasteiger partial charge in [0.1, 0.15) is 5.15 Å². The predicted molar refractivity (Wildman–Crippen MR) is 58.9 cm³/mol. The first-order chi connectivity index (χ1) is 7.66. The molecule has 0 radical (unpaired) electrons. The average Bonchev–Trinajstić information content (AvgIpc) is 2.25. The van der Waals surface area contributed by atoms with E-state index in [4.69, 9.17) is 11.6 Å². The molecule has 0 fully saturated rings. The fourth-order valence-corrected chi connectivity index (χ4v) is 1.41. The van der Waals surface area contributed by atoms with E-state index in [-0.39, 0.29) is 10.8 Å². The van der Waals surface area contributed by atoms with Crippen molar-refractivity contribution < 1.29 is 8.78 Å². The SMILES string of the molecule is Fc1cccc(Nc2ccnc(Cl)c2)c1F. The number of anilines is 2. The van der Waals surface area contributed by atoms with Gasteiger partial charge in [-0.05, 0) is 24.3 Å². The lowest BCUT2D eigenvalue weighted by molar-refractivity contribution is 0.512. The molecule has 16 heavy (non-hydrogen) atoms. The van der Waals surface area contributed by atoms with Crippen LogP contribution in [0.4, 0.5) is 20.2 Å². The summed E-state index contributed by atoms with van der Waals surface area (Å²) in [5, 5.41) is 2.99. The van der Waals surface area contributed by atoms with Gasteiger partial charge >= 0.3 is 0 Å². The molecule has 0 spiro atoms. The predicted octanol–water partition coefficient (Wildman–Crippen LogP) is 3.76. The largest absolute Gasteiger partial charge is 0.353 e. The number of hydrogen-bond donors (Lipinski definition) is 1. The summed E-state index contributed by atoms with van der Waals surface area (Å²) in [5.74, 6) is -1.82. The van der Waals surface area contributed by atoms with Crippen LogP contribution in [0.3, 0.4) is 0 Å². The zero-order valence-corrected chi connectivity index (χ0v) is 8.80. The Balaban J connectivity index is 2.31. The van der Waals surface area contributed by atoms with Gasteiger partial charge in [-0.2, -0.15) is 0 Å².